The van der Waals surface area contributed by atoms with Gasteiger partial charge in [-0.05, 0) is 25.5 Å². The molecule has 1 rings (SSSR count). The molecule has 0 bridgehead atoms. The largest absolute Gasteiger partial charge is 0.418 e. The lowest BCUT2D eigenvalue weighted by molar-refractivity contribution is -0.137. The zero-order valence-corrected chi connectivity index (χ0v) is 12.3. The van der Waals surface area contributed by atoms with Crippen LogP contribution in [-0.4, -0.2) is 23.9 Å². The number of nitrogens with zero attached hydrogens (tertiary/aromatic N) is 1. The third kappa shape index (κ3) is 3.87. The molecular weight excluding hydrogens is 283 g/mol. The second-order valence-electron chi connectivity index (χ2n) is 4.92. The Bertz CT molecular complexity index is 503. The van der Waals surface area contributed by atoms with E-state index in [1.54, 1.807) is 7.05 Å². The maximum Gasteiger partial charge on any atom is 0.418 e. The second kappa shape index (κ2) is 6.80. The molecule has 4 nitrogen and oxygen atoms in total. The van der Waals surface area contributed by atoms with Crippen molar-refractivity contribution in [1.82, 2.24) is 4.90 Å². The van der Waals surface area contributed by atoms with Gasteiger partial charge in [-0.3, -0.25) is 10.6 Å². The minimum absolute atomic E-state index is 0.0670. The first-order valence-electron chi connectivity index (χ1n) is 6.68. The van der Waals surface area contributed by atoms with Crippen LogP contribution in [-0.2, 0) is 6.18 Å². The third-order valence-corrected chi connectivity index (χ3v) is 3.43. The summed E-state index contributed by atoms with van der Waals surface area (Å²) in [6.07, 6.45) is -2.93. The molecule has 1 unspecified atom stereocenters. The molecule has 0 radical (unpaired) electrons. The van der Waals surface area contributed by atoms with Gasteiger partial charge in [0.05, 0.1) is 16.8 Å². The van der Waals surface area contributed by atoms with E-state index >= 15 is 0 Å². The van der Waals surface area contributed by atoms with E-state index in [9.17, 15) is 18.0 Å². The highest BCUT2D eigenvalue weighted by Crippen LogP contribution is 2.36. The molecule has 0 saturated carbocycles. The van der Waals surface area contributed by atoms with E-state index < -0.39 is 23.3 Å². The van der Waals surface area contributed by atoms with Gasteiger partial charge in [0.1, 0.15) is 0 Å². The minimum Gasteiger partial charge on any atom is -0.339 e. The molecular formula is C14H20F3N3O. The number of amides is 1. The predicted molar refractivity (Wildman–Crippen MR) is 75.7 cm³/mol. The Morgan fingerprint density at radius 2 is 2.05 bits per heavy atom. The van der Waals surface area contributed by atoms with Crippen LogP contribution in [0.2, 0.25) is 0 Å². The van der Waals surface area contributed by atoms with Gasteiger partial charge in [0.15, 0.2) is 0 Å². The molecule has 0 spiro atoms. The summed E-state index contributed by atoms with van der Waals surface area (Å²) in [5, 5.41) is 0. The van der Waals surface area contributed by atoms with Gasteiger partial charge < -0.3 is 10.3 Å². The average molecular weight is 303 g/mol. The van der Waals surface area contributed by atoms with Crippen molar-refractivity contribution in [2.24, 2.45) is 5.84 Å². The molecule has 3 N–H and O–H groups in total. The number of halogens is 3. The summed E-state index contributed by atoms with van der Waals surface area (Å²) in [6, 6.07) is 3.36. The van der Waals surface area contributed by atoms with Crippen LogP contribution in [0.5, 0.6) is 0 Å². The van der Waals surface area contributed by atoms with Gasteiger partial charge in [-0.25, -0.2) is 0 Å². The number of carbonyl (C=O) groups excluding carboxylic acids is 1. The Morgan fingerprint density at radius 3 is 2.52 bits per heavy atom. The Labute approximate surface area is 122 Å². The molecule has 1 aromatic rings. The van der Waals surface area contributed by atoms with Crippen LogP contribution in [0.25, 0.3) is 0 Å². The van der Waals surface area contributed by atoms with Gasteiger partial charge in [-0.1, -0.05) is 19.4 Å². The van der Waals surface area contributed by atoms with Crippen molar-refractivity contribution in [3.05, 3.63) is 29.3 Å². The Kier molecular flexibility index (Phi) is 5.60. The number of carbonyl (C=O) groups is 1. The molecule has 0 fully saturated rings. The van der Waals surface area contributed by atoms with Crippen LogP contribution in [0.15, 0.2) is 18.2 Å². The Morgan fingerprint density at radius 1 is 1.43 bits per heavy atom. The Balaban J connectivity index is 3.22. The monoisotopic (exact) mass is 303 g/mol. The molecule has 0 heterocycles. The van der Waals surface area contributed by atoms with Gasteiger partial charge in [0.25, 0.3) is 5.91 Å². The number of para-hydroxylation sites is 1. The summed E-state index contributed by atoms with van der Waals surface area (Å²) in [5.74, 6) is 4.71. The quantitative estimate of drug-likeness (QED) is 0.648. The number of alkyl halides is 3. The standard InChI is InChI=1S/C14H20F3N3O/c1-4-6-9(2)20(3)13(21)10-7-5-8-11(12(10)19-18)14(15,16)17/h5,7-9,19H,4,6,18H2,1-3H3. The smallest absolute Gasteiger partial charge is 0.339 e. The first kappa shape index (κ1) is 17.3. The summed E-state index contributed by atoms with van der Waals surface area (Å²) < 4.78 is 38.8. The van der Waals surface area contributed by atoms with Gasteiger partial charge in [-0.15, -0.1) is 0 Å². The Hall–Kier alpha value is -1.76. The van der Waals surface area contributed by atoms with E-state index in [2.05, 4.69) is 0 Å². The zero-order chi connectivity index (χ0) is 16.2. The van der Waals surface area contributed by atoms with Crippen molar-refractivity contribution >= 4 is 11.6 Å². The van der Waals surface area contributed by atoms with E-state index in [4.69, 9.17) is 5.84 Å². The van der Waals surface area contributed by atoms with E-state index in [1.807, 2.05) is 19.3 Å². The van der Waals surface area contributed by atoms with Gasteiger partial charge in [0.2, 0.25) is 0 Å². The molecule has 1 amide bonds. The molecule has 0 aliphatic heterocycles. The van der Waals surface area contributed by atoms with Crippen LogP contribution in [0.3, 0.4) is 0 Å². The van der Waals surface area contributed by atoms with Gasteiger partial charge in [0, 0.05) is 13.1 Å². The number of nitrogens with two attached hydrogens (primary N) is 1. The molecule has 7 heteroatoms. The van der Waals surface area contributed by atoms with Crippen molar-refractivity contribution in [2.45, 2.75) is 38.9 Å². The molecule has 118 valence electrons. The maximum absolute atomic E-state index is 12.9. The predicted octanol–water partition coefficient (Wildman–Crippen LogP) is 3.25. The van der Waals surface area contributed by atoms with Crippen LogP contribution in [0, 0.1) is 0 Å². The summed E-state index contributed by atoms with van der Waals surface area (Å²) in [5.41, 5.74) is 0.575. The average Bonchev–Trinajstić information content (AvgIpc) is 2.44. The maximum atomic E-state index is 12.9. The van der Waals surface area contributed by atoms with Crippen LogP contribution < -0.4 is 11.3 Å². The molecule has 0 aliphatic carbocycles. The fourth-order valence-electron chi connectivity index (χ4n) is 2.12. The first-order chi connectivity index (χ1) is 9.73. The van der Waals surface area contributed by atoms with Crippen LogP contribution >= 0.6 is 0 Å². The highest BCUT2D eigenvalue weighted by molar-refractivity contribution is 6.00. The molecule has 21 heavy (non-hydrogen) atoms. The normalized spacial score (nSPS) is 12.9. The lowest BCUT2D eigenvalue weighted by atomic mass is 10.0. The van der Waals surface area contributed by atoms with E-state index in [-0.39, 0.29) is 11.6 Å². The summed E-state index contributed by atoms with van der Waals surface area (Å²) >= 11 is 0. The number of nitrogens with one attached hydrogen (secondary N) is 1. The summed E-state index contributed by atoms with van der Waals surface area (Å²) in [4.78, 5) is 13.8. The van der Waals surface area contributed by atoms with E-state index in [1.165, 1.54) is 17.0 Å². The van der Waals surface area contributed by atoms with Crippen LogP contribution in [0.4, 0.5) is 18.9 Å². The SMILES string of the molecule is CCCC(C)N(C)C(=O)c1cccc(C(F)(F)F)c1NN. The number of hydrazine groups is 1. The van der Waals surface area contributed by atoms with E-state index in [0.29, 0.717) is 0 Å². The third-order valence-electron chi connectivity index (χ3n) is 3.43. The van der Waals surface area contributed by atoms with Gasteiger partial charge >= 0.3 is 6.18 Å². The fourth-order valence-corrected chi connectivity index (χ4v) is 2.12. The van der Waals surface area contributed by atoms with Crippen LogP contribution in [0.1, 0.15) is 42.6 Å². The molecule has 0 aliphatic rings. The summed E-state index contributed by atoms with van der Waals surface area (Å²) in [7, 11) is 1.57. The number of rotatable bonds is 5. The lowest BCUT2D eigenvalue weighted by Crippen LogP contribution is -2.36. The van der Waals surface area contributed by atoms with Crippen molar-refractivity contribution in [2.75, 3.05) is 12.5 Å². The number of anilines is 1. The molecule has 0 saturated heterocycles. The fraction of sp³-hybridized carbons (Fsp3) is 0.500. The highest BCUT2D eigenvalue weighted by Gasteiger charge is 2.35. The second-order valence-corrected chi connectivity index (χ2v) is 4.92. The van der Waals surface area contributed by atoms with Crippen molar-refractivity contribution in [3.63, 3.8) is 0 Å². The number of benzene rings is 1. The number of hydrogen-bond donors (Lipinski definition) is 2. The lowest BCUT2D eigenvalue weighted by Gasteiger charge is -2.26. The molecule has 0 aromatic heterocycles. The topological polar surface area (TPSA) is 58.4 Å². The highest BCUT2D eigenvalue weighted by atomic mass is 19.4. The van der Waals surface area contributed by atoms with Gasteiger partial charge in [-0.2, -0.15) is 13.2 Å². The summed E-state index contributed by atoms with van der Waals surface area (Å²) in [6.45, 7) is 3.83. The minimum atomic E-state index is -4.58. The van der Waals surface area contributed by atoms with Crippen molar-refractivity contribution in [1.29, 1.82) is 0 Å². The first-order valence-corrected chi connectivity index (χ1v) is 6.68. The van der Waals surface area contributed by atoms with Crippen molar-refractivity contribution in [3.8, 4) is 0 Å². The van der Waals surface area contributed by atoms with Crippen molar-refractivity contribution < 1.29 is 18.0 Å². The zero-order valence-electron chi connectivity index (χ0n) is 12.3. The molecule has 1 aromatic carbocycles. The number of hydrogen-bond acceptors (Lipinski definition) is 3. The van der Waals surface area contributed by atoms with E-state index in [0.717, 1.165) is 18.9 Å². The molecule has 1 atom stereocenters. The number of nitrogen functional groups attached to an aromatic ring is 1.